The minimum atomic E-state index is -0.511. The number of nitrogens with one attached hydrogen (secondary N) is 1. The van der Waals surface area contributed by atoms with E-state index in [1.54, 1.807) is 0 Å². The number of aliphatic hydroxyl groups is 1. The highest BCUT2D eigenvalue weighted by Crippen LogP contribution is 2.27. The summed E-state index contributed by atoms with van der Waals surface area (Å²) in [5.41, 5.74) is 2.54. The molecule has 0 spiro atoms. The van der Waals surface area contributed by atoms with Gasteiger partial charge in [0.15, 0.2) is 0 Å². The van der Waals surface area contributed by atoms with Crippen LogP contribution >= 0.6 is 0 Å². The van der Waals surface area contributed by atoms with Crippen LogP contribution in [0.4, 0.5) is 0 Å². The standard InChI is InChI=1S/C25H33N3O3/c29-23(17-27-12-9-22(10-13-27)21-6-2-1-3-7-21)19-31-24-8-4-5-20(15-24)16-28-14-11-26-25(30)18-28/h1-8,15,22-23,29H,9-14,16-19H2,(H,26,30). The van der Waals surface area contributed by atoms with Crippen LogP contribution in [-0.4, -0.2) is 72.8 Å². The van der Waals surface area contributed by atoms with Crippen molar-refractivity contribution in [2.24, 2.45) is 0 Å². The van der Waals surface area contributed by atoms with Crippen LogP contribution in [0.2, 0.25) is 0 Å². The maximum absolute atomic E-state index is 11.6. The normalized spacial score (nSPS) is 19.7. The lowest BCUT2D eigenvalue weighted by Gasteiger charge is -2.33. The predicted molar refractivity (Wildman–Crippen MR) is 121 cm³/mol. The summed E-state index contributed by atoms with van der Waals surface area (Å²) in [7, 11) is 0. The third-order valence-corrected chi connectivity index (χ3v) is 6.19. The largest absolute Gasteiger partial charge is 0.491 e. The molecule has 2 aromatic rings. The number of nitrogens with zero attached hydrogens (tertiary/aromatic N) is 2. The SMILES string of the molecule is O=C1CN(Cc2cccc(OCC(O)CN3CCC(c4ccccc4)CC3)c2)CCN1. The summed E-state index contributed by atoms with van der Waals surface area (Å²) in [5.74, 6) is 1.47. The molecular weight excluding hydrogens is 390 g/mol. The summed E-state index contributed by atoms with van der Waals surface area (Å²) < 4.78 is 5.88. The molecular formula is C25H33N3O3. The predicted octanol–water partition coefficient (Wildman–Crippen LogP) is 2.24. The first-order valence-electron chi connectivity index (χ1n) is 11.3. The van der Waals surface area contributed by atoms with Gasteiger partial charge in [0, 0.05) is 26.2 Å². The number of hydrogen-bond donors (Lipinski definition) is 2. The van der Waals surface area contributed by atoms with Crippen molar-refractivity contribution >= 4 is 5.91 Å². The maximum Gasteiger partial charge on any atom is 0.234 e. The molecule has 4 rings (SSSR count). The first kappa shape index (κ1) is 21.8. The highest BCUT2D eigenvalue weighted by molar-refractivity contribution is 5.78. The molecule has 0 aliphatic carbocycles. The van der Waals surface area contributed by atoms with E-state index in [-0.39, 0.29) is 12.5 Å². The van der Waals surface area contributed by atoms with E-state index in [9.17, 15) is 9.90 Å². The van der Waals surface area contributed by atoms with E-state index >= 15 is 0 Å². The number of likely N-dealkylation sites (tertiary alicyclic amines) is 1. The Bertz CT molecular complexity index is 837. The quantitative estimate of drug-likeness (QED) is 0.682. The average molecular weight is 424 g/mol. The minimum absolute atomic E-state index is 0.0783. The molecule has 1 unspecified atom stereocenters. The summed E-state index contributed by atoms with van der Waals surface area (Å²) >= 11 is 0. The van der Waals surface area contributed by atoms with Crippen LogP contribution in [0.25, 0.3) is 0 Å². The molecule has 0 bridgehead atoms. The second kappa shape index (κ2) is 10.8. The number of aliphatic hydroxyl groups excluding tert-OH is 1. The number of rotatable bonds is 8. The van der Waals surface area contributed by atoms with Gasteiger partial charge in [-0.25, -0.2) is 0 Å². The van der Waals surface area contributed by atoms with Crippen molar-refractivity contribution in [3.05, 3.63) is 65.7 Å². The first-order valence-corrected chi connectivity index (χ1v) is 11.3. The van der Waals surface area contributed by atoms with Gasteiger partial charge in [-0.05, 0) is 55.1 Å². The van der Waals surface area contributed by atoms with Gasteiger partial charge >= 0.3 is 0 Å². The summed E-state index contributed by atoms with van der Waals surface area (Å²) in [6.45, 7) is 5.66. The third-order valence-electron chi connectivity index (χ3n) is 6.19. The van der Waals surface area contributed by atoms with Gasteiger partial charge in [0.2, 0.25) is 5.91 Å². The van der Waals surface area contributed by atoms with Gasteiger partial charge in [-0.15, -0.1) is 0 Å². The number of hydrogen-bond acceptors (Lipinski definition) is 5. The van der Waals surface area contributed by atoms with Crippen LogP contribution in [0.1, 0.15) is 29.9 Å². The molecule has 2 aliphatic rings. The number of piperazine rings is 1. The topological polar surface area (TPSA) is 65.0 Å². The second-order valence-electron chi connectivity index (χ2n) is 8.66. The molecule has 2 aromatic carbocycles. The van der Waals surface area contributed by atoms with Gasteiger partial charge in [0.05, 0.1) is 6.54 Å². The van der Waals surface area contributed by atoms with E-state index < -0.39 is 6.10 Å². The zero-order valence-electron chi connectivity index (χ0n) is 18.1. The molecule has 2 fully saturated rings. The molecule has 2 heterocycles. The Morgan fingerprint density at radius 2 is 1.84 bits per heavy atom. The van der Waals surface area contributed by atoms with Crippen molar-refractivity contribution in [1.29, 1.82) is 0 Å². The molecule has 31 heavy (non-hydrogen) atoms. The van der Waals surface area contributed by atoms with Crippen molar-refractivity contribution in [2.45, 2.75) is 31.4 Å². The number of amides is 1. The Morgan fingerprint density at radius 3 is 2.61 bits per heavy atom. The van der Waals surface area contributed by atoms with E-state index in [0.29, 0.717) is 25.6 Å². The van der Waals surface area contributed by atoms with E-state index in [2.05, 4.69) is 45.4 Å². The van der Waals surface area contributed by atoms with E-state index in [1.807, 2.05) is 24.3 Å². The van der Waals surface area contributed by atoms with Crippen LogP contribution in [0, 0.1) is 0 Å². The summed E-state index contributed by atoms with van der Waals surface area (Å²) in [5, 5.41) is 13.3. The number of ether oxygens (including phenoxy) is 1. The van der Waals surface area contributed by atoms with E-state index in [1.165, 1.54) is 5.56 Å². The maximum atomic E-state index is 11.6. The number of carbonyl (C=O) groups is 1. The Hall–Kier alpha value is -2.41. The van der Waals surface area contributed by atoms with Crippen molar-refractivity contribution in [3.63, 3.8) is 0 Å². The van der Waals surface area contributed by atoms with Crippen molar-refractivity contribution in [3.8, 4) is 5.75 Å². The number of piperidine rings is 1. The Balaban J connectivity index is 1.19. The van der Waals surface area contributed by atoms with Crippen LogP contribution in [0.5, 0.6) is 5.75 Å². The fraction of sp³-hybridized carbons (Fsp3) is 0.480. The molecule has 6 heteroatoms. The van der Waals surface area contributed by atoms with Gasteiger partial charge in [-0.3, -0.25) is 9.69 Å². The summed E-state index contributed by atoms with van der Waals surface area (Å²) in [4.78, 5) is 16.0. The molecule has 2 N–H and O–H groups in total. The molecule has 6 nitrogen and oxygen atoms in total. The zero-order chi connectivity index (χ0) is 21.5. The van der Waals surface area contributed by atoms with Crippen LogP contribution in [-0.2, 0) is 11.3 Å². The molecule has 0 aromatic heterocycles. The lowest BCUT2D eigenvalue weighted by Crippen LogP contribution is -2.47. The number of benzene rings is 2. The van der Waals surface area contributed by atoms with Crippen LogP contribution < -0.4 is 10.1 Å². The second-order valence-corrected chi connectivity index (χ2v) is 8.66. The van der Waals surface area contributed by atoms with Crippen molar-refractivity contribution in [2.75, 3.05) is 45.9 Å². The zero-order valence-corrected chi connectivity index (χ0v) is 18.1. The minimum Gasteiger partial charge on any atom is -0.491 e. The lowest BCUT2D eigenvalue weighted by atomic mass is 9.89. The average Bonchev–Trinajstić information content (AvgIpc) is 2.79. The van der Waals surface area contributed by atoms with Gasteiger partial charge in [-0.2, -0.15) is 0 Å². The highest BCUT2D eigenvalue weighted by atomic mass is 16.5. The molecule has 1 atom stereocenters. The van der Waals surface area contributed by atoms with E-state index in [4.69, 9.17) is 4.74 Å². The molecule has 2 aliphatic heterocycles. The van der Waals surface area contributed by atoms with Gasteiger partial charge in [0.25, 0.3) is 0 Å². The van der Waals surface area contributed by atoms with Crippen molar-refractivity contribution in [1.82, 2.24) is 15.1 Å². The van der Waals surface area contributed by atoms with E-state index in [0.717, 1.165) is 50.3 Å². The third kappa shape index (κ3) is 6.53. The van der Waals surface area contributed by atoms with Gasteiger partial charge in [0.1, 0.15) is 18.5 Å². The van der Waals surface area contributed by atoms with Gasteiger partial charge < -0.3 is 20.1 Å². The fourth-order valence-corrected chi connectivity index (χ4v) is 4.54. The lowest BCUT2D eigenvalue weighted by molar-refractivity contribution is -0.124. The Morgan fingerprint density at radius 1 is 1.03 bits per heavy atom. The van der Waals surface area contributed by atoms with Crippen molar-refractivity contribution < 1.29 is 14.6 Å². The highest BCUT2D eigenvalue weighted by Gasteiger charge is 2.22. The summed E-state index contributed by atoms with van der Waals surface area (Å²) in [6.07, 6.45) is 1.75. The monoisotopic (exact) mass is 423 g/mol. The Kier molecular flexibility index (Phi) is 7.57. The fourth-order valence-electron chi connectivity index (χ4n) is 4.54. The summed E-state index contributed by atoms with van der Waals surface area (Å²) in [6, 6.07) is 18.7. The molecule has 2 saturated heterocycles. The molecule has 0 radical (unpaired) electrons. The van der Waals surface area contributed by atoms with Crippen LogP contribution in [0.3, 0.4) is 0 Å². The molecule has 0 saturated carbocycles. The molecule has 166 valence electrons. The first-order chi connectivity index (χ1) is 15.2. The van der Waals surface area contributed by atoms with Crippen LogP contribution in [0.15, 0.2) is 54.6 Å². The van der Waals surface area contributed by atoms with Gasteiger partial charge in [-0.1, -0.05) is 42.5 Å². The number of β-amino-alcohol motifs (C(OH)–C–C–N with tert-alkyl or cyclic N) is 1. The smallest absolute Gasteiger partial charge is 0.234 e. The molecule has 1 amide bonds. The number of carbonyl (C=O) groups excluding carboxylic acids is 1. The Labute approximate surface area is 184 Å².